The Kier molecular flexibility index (Phi) is 5.94. The number of carbonyl (C=O) groups is 1. The van der Waals surface area contributed by atoms with E-state index in [4.69, 9.17) is 9.47 Å². The molecule has 0 radical (unpaired) electrons. The number of hydrogen-bond acceptors (Lipinski definition) is 6. The number of nitrogens with zero attached hydrogens (tertiary/aromatic N) is 2. The molecule has 2 fully saturated rings. The van der Waals surface area contributed by atoms with Crippen molar-refractivity contribution in [3.05, 3.63) is 53.6 Å². The van der Waals surface area contributed by atoms with Crippen LogP contribution in [0.1, 0.15) is 18.1 Å². The predicted octanol–water partition coefficient (Wildman–Crippen LogP) is 2.28. The number of fused-ring (bicyclic) bond motifs is 1. The maximum Gasteiger partial charge on any atom is 0.241 e. The third-order valence-electron chi connectivity index (χ3n) is 6.16. The largest absolute Gasteiger partial charge is 0.493 e. The van der Waals surface area contributed by atoms with Crippen LogP contribution in [0.15, 0.2) is 42.5 Å². The molecule has 2 aromatic carbocycles. The zero-order valence-electron chi connectivity index (χ0n) is 18.1. The molecule has 0 aromatic heterocycles. The summed E-state index contributed by atoms with van der Waals surface area (Å²) in [4.78, 5) is 16.8. The van der Waals surface area contributed by atoms with E-state index in [-0.39, 0.29) is 36.0 Å². The highest BCUT2D eigenvalue weighted by atomic mass is 32.2. The molecule has 0 bridgehead atoms. The Balaban J connectivity index is 1.63. The maximum absolute atomic E-state index is 13.2. The number of benzene rings is 2. The fourth-order valence-corrected chi connectivity index (χ4v) is 6.55. The van der Waals surface area contributed by atoms with Crippen molar-refractivity contribution < 1.29 is 22.7 Å². The Labute approximate surface area is 183 Å². The first-order chi connectivity index (χ1) is 14.8. The minimum absolute atomic E-state index is 0.0125. The topological polar surface area (TPSA) is 76.2 Å². The molecule has 0 N–H and O–H groups in total. The second kappa shape index (κ2) is 8.51. The summed E-state index contributed by atoms with van der Waals surface area (Å²) in [7, 11) is -0.0784. The number of anilines is 1. The molecule has 0 aliphatic carbocycles. The first kappa shape index (κ1) is 21.6. The summed E-state index contributed by atoms with van der Waals surface area (Å²) in [5, 5.41) is 0. The number of rotatable bonds is 6. The van der Waals surface area contributed by atoms with Gasteiger partial charge in [0.2, 0.25) is 5.91 Å². The molecule has 2 heterocycles. The number of sulfone groups is 1. The van der Waals surface area contributed by atoms with Crippen molar-refractivity contribution in [3.63, 3.8) is 0 Å². The molecule has 7 nitrogen and oxygen atoms in total. The van der Waals surface area contributed by atoms with Crippen molar-refractivity contribution in [3.8, 4) is 11.5 Å². The van der Waals surface area contributed by atoms with Gasteiger partial charge in [0.1, 0.15) is 0 Å². The fraction of sp³-hybridized carbons (Fsp3) is 0.435. The van der Waals surface area contributed by atoms with Crippen LogP contribution in [-0.2, 0) is 27.6 Å². The van der Waals surface area contributed by atoms with Crippen LogP contribution in [0.3, 0.4) is 0 Å². The van der Waals surface area contributed by atoms with E-state index in [1.807, 2.05) is 47.4 Å². The van der Waals surface area contributed by atoms with E-state index in [2.05, 4.69) is 6.92 Å². The van der Waals surface area contributed by atoms with Crippen molar-refractivity contribution in [2.75, 3.05) is 37.2 Å². The molecule has 8 heteroatoms. The van der Waals surface area contributed by atoms with Crippen LogP contribution >= 0.6 is 0 Å². The molecule has 2 aliphatic heterocycles. The highest BCUT2D eigenvalue weighted by Crippen LogP contribution is 2.34. The van der Waals surface area contributed by atoms with Gasteiger partial charge in [-0.1, -0.05) is 25.1 Å². The number of piperazine rings is 1. The van der Waals surface area contributed by atoms with Gasteiger partial charge >= 0.3 is 0 Å². The van der Waals surface area contributed by atoms with E-state index in [1.165, 1.54) is 5.56 Å². The van der Waals surface area contributed by atoms with Gasteiger partial charge in [-0.15, -0.1) is 0 Å². The summed E-state index contributed by atoms with van der Waals surface area (Å²) < 4.78 is 35.8. The van der Waals surface area contributed by atoms with Crippen LogP contribution in [0.2, 0.25) is 0 Å². The standard InChI is InChI=1S/C23H28N2O5S/c1-4-16-5-8-18(9-6-16)25-20-15-31(27,28)14-19(20)24(13-23(25)26)12-17-7-10-21(29-2)22(11-17)30-3/h5-11,19-20H,4,12-15H2,1-3H3. The van der Waals surface area contributed by atoms with Gasteiger partial charge in [-0.05, 0) is 41.8 Å². The minimum atomic E-state index is -3.23. The zero-order valence-corrected chi connectivity index (χ0v) is 18.9. The summed E-state index contributed by atoms with van der Waals surface area (Å²) in [6.07, 6.45) is 0.910. The van der Waals surface area contributed by atoms with Gasteiger partial charge in [-0.3, -0.25) is 9.69 Å². The molecular formula is C23H28N2O5S. The highest BCUT2D eigenvalue weighted by Gasteiger charge is 2.49. The number of amides is 1. The maximum atomic E-state index is 13.2. The van der Waals surface area contributed by atoms with Crippen LogP contribution in [0.5, 0.6) is 11.5 Å². The lowest BCUT2D eigenvalue weighted by Gasteiger charge is -2.43. The van der Waals surface area contributed by atoms with E-state index in [1.54, 1.807) is 19.1 Å². The van der Waals surface area contributed by atoms with Crippen LogP contribution in [0.4, 0.5) is 5.69 Å². The van der Waals surface area contributed by atoms with E-state index in [9.17, 15) is 13.2 Å². The highest BCUT2D eigenvalue weighted by molar-refractivity contribution is 7.91. The molecule has 0 spiro atoms. The Bertz CT molecular complexity index is 1070. The van der Waals surface area contributed by atoms with Gasteiger partial charge in [-0.25, -0.2) is 8.42 Å². The van der Waals surface area contributed by atoms with E-state index >= 15 is 0 Å². The number of hydrogen-bond donors (Lipinski definition) is 0. The monoisotopic (exact) mass is 444 g/mol. The Morgan fingerprint density at radius 2 is 1.58 bits per heavy atom. The summed E-state index contributed by atoms with van der Waals surface area (Å²) in [6.45, 7) is 2.71. The van der Waals surface area contributed by atoms with Gasteiger partial charge in [0.15, 0.2) is 21.3 Å². The predicted molar refractivity (Wildman–Crippen MR) is 119 cm³/mol. The van der Waals surface area contributed by atoms with E-state index in [0.717, 1.165) is 17.7 Å². The first-order valence-corrected chi connectivity index (χ1v) is 12.2. The molecule has 2 aliphatic rings. The molecule has 166 valence electrons. The average molecular weight is 445 g/mol. The van der Waals surface area contributed by atoms with Crippen LogP contribution in [0.25, 0.3) is 0 Å². The van der Waals surface area contributed by atoms with Crippen molar-refractivity contribution in [1.82, 2.24) is 4.90 Å². The quantitative estimate of drug-likeness (QED) is 0.681. The van der Waals surface area contributed by atoms with Crippen LogP contribution < -0.4 is 14.4 Å². The van der Waals surface area contributed by atoms with Crippen LogP contribution in [-0.4, -0.2) is 63.6 Å². The Hall–Kier alpha value is -2.58. The normalized spacial score (nSPS) is 22.9. The molecule has 2 aromatic rings. The molecule has 2 atom stereocenters. The Morgan fingerprint density at radius 3 is 2.23 bits per heavy atom. The molecular weight excluding hydrogens is 416 g/mol. The molecule has 2 saturated heterocycles. The minimum Gasteiger partial charge on any atom is -0.493 e. The van der Waals surface area contributed by atoms with Crippen LogP contribution in [0, 0.1) is 0 Å². The lowest BCUT2D eigenvalue weighted by Crippen LogP contribution is -2.61. The number of carbonyl (C=O) groups excluding carboxylic acids is 1. The van der Waals surface area contributed by atoms with Gasteiger partial charge in [0.25, 0.3) is 0 Å². The number of methoxy groups -OCH3 is 2. The second-order valence-corrected chi connectivity index (χ2v) is 10.2. The van der Waals surface area contributed by atoms with Gasteiger partial charge in [0, 0.05) is 18.3 Å². The molecule has 0 saturated carbocycles. The summed E-state index contributed by atoms with van der Waals surface area (Å²) in [5.74, 6) is 1.20. The number of ether oxygens (including phenoxy) is 2. The lowest BCUT2D eigenvalue weighted by atomic mass is 10.0. The summed E-state index contributed by atoms with van der Waals surface area (Å²) >= 11 is 0. The van der Waals surface area contributed by atoms with Crippen molar-refractivity contribution in [2.24, 2.45) is 0 Å². The average Bonchev–Trinajstić information content (AvgIpc) is 3.09. The fourth-order valence-electron chi connectivity index (χ4n) is 4.57. The van der Waals surface area contributed by atoms with Crippen molar-refractivity contribution in [1.29, 1.82) is 0 Å². The molecule has 2 unspecified atom stereocenters. The second-order valence-electron chi connectivity index (χ2n) is 8.09. The van der Waals surface area contributed by atoms with Crippen molar-refractivity contribution in [2.45, 2.75) is 32.0 Å². The molecule has 31 heavy (non-hydrogen) atoms. The smallest absolute Gasteiger partial charge is 0.241 e. The lowest BCUT2D eigenvalue weighted by molar-refractivity contribution is -0.123. The number of aryl methyl sites for hydroxylation is 1. The van der Waals surface area contributed by atoms with E-state index < -0.39 is 9.84 Å². The van der Waals surface area contributed by atoms with Gasteiger partial charge < -0.3 is 14.4 Å². The molecule has 1 amide bonds. The van der Waals surface area contributed by atoms with E-state index in [0.29, 0.717) is 18.0 Å². The molecule has 4 rings (SSSR count). The SMILES string of the molecule is CCc1ccc(N2C(=O)CN(Cc3ccc(OC)c(OC)c3)C3CS(=O)(=O)CC32)cc1. The summed E-state index contributed by atoms with van der Waals surface area (Å²) in [5.41, 5.74) is 2.88. The van der Waals surface area contributed by atoms with Gasteiger partial charge in [0.05, 0.1) is 38.3 Å². The summed E-state index contributed by atoms with van der Waals surface area (Å²) in [6, 6.07) is 12.8. The first-order valence-electron chi connectivity index (χ1n) is 10.4. The van der Waals surface area contributed by atoms with Crippen molar-refractivity contribution >= 4 is 21.4 Å². The third-order valence-corrected chi connectivity index (χ3v) is 7.86. The zero-order chi connectivity index (χ0) is 22.2. The third kappa shape index (κ3) is 4.27. The Morgan fingerprint density at radius 1 is 0.935 bits per heavy atom. The van der Waals surface area contributed by atoms with Gasteiger partial charge in [-0.2, -0.15) is 0 Å².